The fourth-order valence-corrected chi connectivity index (χ4v) is 2.90. The predicted molar refractivity (Wildman–Crippen MR) is 58.8 cm³/mol. The van der Waals surface area contributed by atoms with Crippen LogP contribution in [0.4, 0.5) is 0 Å². The number of likely N-dealkylation sites (tertiary alicyclic amines) is 1. The number of hydrogen-bond acceptors (Lipinski definition) is 2. The molecule has 1 saturated carbocycles. The molecule has 2 rings (SSSR count). The van der Waals surface area contributed by atoms with Crippen LogP contribution in [0.15, 0.2) is 0 Å². The van der Waals surface area contributed by atoms with Crippen LogP contribution in [0.2, 0.25) is 0 Å². The predicted octanol–water partition coefficient (Wildman–Crippen LogP) is 2.11. The molecule has 0 aromatic rings. The second kappa shape index (κ2) is 4.52. The first-order valence-electron chi connectivity index (χ1n) is 6.18. The van der Waals surface area contributed by atoms with Crippen molar-refractivity contribution in [1.29, 1.82) is 0 Å². The molecule has 0 spiro atoms. The van der Waals surface area contributed by atoms with Crippen molar-refractivity contribution >= 4 is 5.97 Å². The highest BCUT2D eigenvalue weighted by molar-refractivity contribution is 5.73. The summed E-state index contributed by atoms with van der Waals surface area (Å²) in [7, 11) is 0. The molecule has 0 bridgehead atoms. The van der Waals surface area contributed by atoms with Crippen molar-refractivity contribution in [1.82, 2.24) is 4.90 Å². The highest BCUT2D eigenvalue weighted by Gasteiger charge is 2.36. The van der Waals surface area contributed by atoms with Gasteiger partial charge < -0.3 is 5.11 Å². The smallest absolute Gasteiger partial charge is 0.320 e. The van der Waals surface area contributed by atoms with Gasteiger partial charge in [0.1, 0.15) is 6.04 Å². The number of aliphatic carboxylic acids is 1. The summed E-state index contributed by atoms with van der Waals surface area (Å²) < 4.78 is 0. The molecular weight excluding hydrogens is 190 g/mol. The normalized spacial score (nSPS) is 30.9. The van der Waals surface area contributed by atoms with Gasteiger partial charge in [-0.3, -0.25) is 9.69 Å². The van der Waals surface area contributed by atoms with Gasteiger partial charge in [-0.1, -0.05) is 12.8 Å². The van der Waals surface area contributed by atoms with E-state index in [1.54, 1.807) is 0 Å². The van der Waals surface area contributed by atoms with E-state index in [4.69, 9.17) is 0 Å². The lowest BCUT2D eigenvalue weighted by molar-refractivity contribution is -0.146. The number of hydrogen-bond donors (Lipinski definition) is 1. The summed E-state index contributed by atoms with van der Waals surface area (Å²) in [4.78, 5) is 13.4. The van der Waals surface area contributed by atoms with Crippen LogP contribution in [-0.2, 0) is 4.79 Å². The van der Waals surface area contributed by atoms with Gasteiger partial charge in [0.2, 0.25) is 0 Å². The van der Waals surface area contributed by atoms with Crippen molar-refractivity contribution in [3.8, 4) is 0 Å². The number of nitrogens with zero attached hydrogens (tertiary/aromatic N) is 1. The molecule has 3 heteroatoms. The minimum atomic E-state index is -0.624. The monoisotopic (exact) mass is 211 g/mol. The first-order valence-corrected chi connectivity index (χ1v) is 6.18. The highest BCUT2D eigenvalue weighted by Crippen LogP contribution is 2.34. The highest BCUT2D eigenvalue weighted by atomic mass is 16.4. The van der Waals surface area contributed by atoms with Gasteiger partial charge >= 0.3 is 5.97 Å². The molecule has 86 valence electrons. The Morgan fingerprint density at radius 2 is 2.00 bits per heavy atom. The van der Waals surface area contributed by atoms with E-state index in [0.29, 0.717) is 6.04 Å². The summed E-state index contributed by atoms with van der Waals surface area (Å²) in [5.74, 6) is 0.130. The second-order valence-electron chi connectivity index (χ2n) is 5.02. The molecule has 1 aliphatic heterocycles. The zero-order chi connectivity index (χ0) is 10.8. The summed E-state index contributed by atoms with van der Waals surface area (Å²) in [6, 6.07) is 0.259. The first-order chi connectivity index (χ1) is 7.20. The van der Waals surface area contributed by atoms with Crippen molar-refractivity contribution in [2.75, 3.05) is 6.54 Å². The molecule has 1 saturated heterocycles. The first kappa shape index (κ1) is 10.9. The molecule has 0 radical (unpaired) electrons. The van der Waals surface area contributed by atoms with Crippen molar-refractivity contribution < 1.29 is 9.90 Å². The van der Waals surface area contributed by atoms with Crippen LogP contribution in [0, 0.1) is 5.92 Å². The molecule has 15 heavy (non-hydrogen) atoms. The topological polar surface area (TPSA) is 40.5 Å². The van der Waals surface area contributed by atoms with Crippen LogP contribution in [0.1, 0.15) is 45.4 Å². The zero-order valence-electron chi connectivity index (χ0n) is 9.48. The van der Waals surface area contributed by atoms with Gasteiger partial charge in [0.05, 0.1) is 0 Å². The molecule has 3 nitrogen and oxygen atoms in total. The average molecular weight is 211 g/mol. The minimum Gasteiger partial charge on any atom is -0.480 e. The van der Waals surface area contributed by atoms with Gasteiger partial charge in [-0.25, -0.2) is 0 Å². The van der Waals surface area contributed by atoms with Crippen LogP contribution >= 0.6 is 0 Å². The van der Waals surface area contributed by atoms with Gasteiger partial charge in [0.25, 0.3) is 0 Å². The molecular formula is C12H21NO2. The van der Waals surface area contributed by atoms with Crippen LogP contribution < -0.4 is 0 Å². The summed E-state index contributed by atoms with van der Waals surface area (Å²) >= 11 is 0. The quantitative estimate of drug-likeness (QED) is 0.777. The summed E-state index contributed by atoms with van der Waals surface area (Å²) in [6.45, 7) is 3.19. The van der Waals surface area contributed by atoms with E-state index in [0.717, 1.165) is 25.3 Å². The second-order valence-corrected chi connectivity index (χ2v) is 5.02. The van der Waals surface area contributed by atoms with Crippen LogP contribution in [-0.4, -0.2) is 34.6 Å². The Morgan fingerprint density at radius 3 is 2.53 bits per heavy atom. The number of carboxylic acid groups (broad SMARTS) is 1. The van der Waals surface area contributed by atoms with Gasteiger partial charge in [0, 0.05) is 6.04 Å². The third-order valence-electron chi connectivity index (χ3n) is 4.18. The Bertz CT molecular complexity index is 238. The number of rotatable bonds is 3. The van der Waals surface area contributed by atoms with Crippen LogP contribution in [0.5, 0.6) is 0 Å². The lowest BCUT2D eigenvalue weighted by Crippen LogP contribution is -2.52. The average Bonchev–Trinajstić information content (AvgIpc) is 2.15. The van der Waals surface area contributed by atoms with E-state index in [9.17, 15) is 9.90 Å². The summed E-state index contributed by atoms with van der Waals surface area (Å²) in [5.41, 5.74) is 0. The lowest BCUT2D eigenvalue weighted by Gasteiger charge is -2.43. The Morgan fingerprint density at radius 1 is 1.27 bits per heavy atom. The van der Waals surface area contributed by atoms with Crippen LogP contribution in [0.3, 0.4) is 0 Å². The summed E-state index contributed by atoms with van der Waals surface area (Å²) in [5, 5.41) is 9.19. The van der Waals surface area contributed by atoms with Crippen molar-refractivity contribution in [3.05, 3.63) is 0 Å². The minimum absolute atomic E-state index is 0.214. The van der Waals surface area contributed by atoms with E-state index in [-0.39, 0.29) is 6.04 Å². The fraction of sp³-hybridized carbons (Fsp3) is 0.917. The molecule has 2 fully saturated rings. The molecule has 2 aliphatic rings. The maximum absolute atomic E-state index is 11.2. The van der Waals surface area contributed by atoms with E-state index in [2.05, 4.69) is 11.8 Å². The lowest BCUT2D eigenvalue weighted by atomic mass is 9.78. The molecule has 0 aromatic carbocycles. The molecule has 1 heterocycles. The SMILES string of the molecule is CC(C1CCC1)N1CCCCC1C(=O)O. The fourth-order valence-electron chi connectivity index (χ4n) is 2.90. The third-order valence-corrected chi connectivity index (χ3v) is 4.18. The van der Waals surface area contributed by atoms with E-state index in [1.807, 2.05) is 0 Å². The van der Waals surface area contributed by atoms with Crippen molar-refractivity contribution in [2.24, 2.45) is 5.92 Å². The van der Waals surface area contributed by atoms with Crippen LogP contribution in [0.25, 0.3) is 0 Å². The zero-order valence-corrected chi connectivity index (χ0v) is 9.48. The molecule has 1 N–H and O–H groups in total. The van der Waals surface area contributed by atoms with E-state index >= 15 is 0 Å². The largest absolute Gasteiger partial charge is 0.480 e. The summed E-state index contributed by atoms with van der Waals surface area (Å²) in [6.07, 6.45) is 7.01. The number of piperidine rings is 1. The molecule has 0 aromatic heterocycles. The number of carbonyl (C=O) groups is 1. The molecule has 2 unspecified atom stereocenters. The molecule has 2 atom stereocenters. The van der Waals surface area contributed by atoms with Gasteiger partial charge in [0.15, 0.2) is 0 Å². The van der Waals surface area contributed by atoms with Gasteiger partial charge in [-0.15, -0.1) is 0 Å². The Kier molecular flexibility index (Phi) is 3.29. The Balaban J connectivity index is 1.99. The third kappa shape index (κ3) is 2.17. The maximum atomic E-state index is 11.2. The van der Waals surface area contributed by atoms with Gasteiger partial charge in [-0.2, -0.15) is 0 Å². The van der Waals surface area contributed by atoms with Crippen molar-refractivity contribution in [3.63, 3.8) is 0 Å². The van der Waals surface area contributed by atoms with E-state index in [1.165, 1.54) is 25.7 Å². The van der Waals surface area contributed by atoms with Gasteiger partial charge in [-0.05, 0) is 45.1 Å². The Hall–Kier alpha value is -0.570. The van der Waals surface area contributed by atoms with Crippen molar-refractivity contribution in [2.45, 2.75) is 57.5 Å². The maximum Gasteiger partial charge on any atom is 0.320 e. The number of carboxylic acids is 1. The molecule has 1 aliphatic carbocycles. The standard InChI is InChI=1S/C12H21NO2/c1-9(10-5-4-6-10)13-8-3-2-7-11(13)12(14)15/h9-11H,2-8H2,1H3,(H,14,15). The molecule has 0 amide bonds. The van der Waals surface area contributed by atoms with E-state index < -0.39 is 5.97 Å². The Labute approximate surface area is 91.5 Å².